The number of nitrogens with zero attached hydrogens (tertiary/aromatic N) is 1. The van der Waals surface area contributed by atoms with Crippen LogP contribution in [0.4, 0.5) is 0 Å². The molecule has 2 aromatic rings. The van der Waals surface area contributed by atoms with E-state index in [9.17, 15) is 4.79 Å². The highest BCUT2D eigenvalue weighted by Crippen LogP contribution is 2.29. The highest BCUT2D eigenvalue weighted by Gasteiger charge is 2.09. The van der Waals surface area contributed by atoms with Crippen LogP contribution in [0.5, 0.6) is 5.75 Å². The van der Waals surface area contributed by atoms with Gasteiger partial charge in [-0.15, -0.1) is 12.4 Å². The number of methoxy groups -OCH3 is 1. The third-order valence-corrected chi connectivity index (χ3v) is 2.76. The number of rotatable bonds is 3. The van der Waals surface area contributed by atoms with E-state index in [0.717, 1.165) is 16.9 Å². The summed E-state index contributed by atoms with van der Waals surface area (Å²) >= 11 is 0. The van der Waals surface area contributed by atoms with Gasteiger partial charge in [0.05, 0.1) is 7.11 Å². The molecule has 0 fully saturated rings. The van der Waals surface area contributed by atoms with Crippen LogP contribution in [0.15, 0.2) is 53.5 Å². The zero-order chi connectivity index (χ0) is 14.5. The Morgan fingerprint density at radius 3 is 2.48 bits per heavy atom. The van der Waals surface area contributed by atoms with E-state index in [2.05, 4.69) is 4.99 Å². The molecule has 4 N–H and O–H groups in total. The third kappa shape index (κ3) is 3.97. The minimum atomic E-state index is -0.471. The summed E-state index contributed by atoms with van der Waals surface area (Å²) in [6.07, 6.45) is 0. The van der Waals surface area contributed by atoms with Crippen molar-refractivity contribution < 1.29 is 9.53 Å². The molecule has 2 rings (SSSR count). The van der Waals surface area contributed by atoms with Gasteiger partial charge in [-0.1, -0.05) is 30.3 Å². The topological polar surface area (TPSA) is 90.7 Å². The van der Waals surface area contributed by atoms with Crippen LogP contribution in [-0.4, -0.2) is 19.0 Å². The molecule has 0 aliphatic carbocycles. The van der Waals surface area contributed by atoms with Gasteiger partial charge in [0.2, 0.25) is 0 Å². The summed E-state index contributed by atoms with van der Waals surface area (Å²) in [7, 11) is 1.60. The molecular formula is C15H16ClN3O2. The monoisotopic (exact) mass is 305 g/mol. The number of carbonyl (C=O) groups excluding carboxylic acids is 1. The molecule has 0 saturated heterocycles. The van der Waals surface area contributed by atoms with Crippen molar-refractivity contribution in [3.8, 4) is 16.9 Å². The minimum Gasteiger partial charge on any atom is -0.496 e. The van der Waals surface area contributed by atoms with E-state index in [1.54, 1.807) is 25.3 Å². The maximum atomic E-state index is 11.8. The molecule has 6 heteroatoms. The van der Waals surface area contributed by atoms with Crippen molar-refractivity contribution >= 4 is 24.3 Å². The van der Waals surface area contributed by atoms with Gasteiger partial charge in [0.15, 0.2) is 5.96 Å². The maximum Gasteiger partial charge on any atom is 0.280 e. The summed E-state index contributed by atoms with van der Waals surface area (Å²) in [6, 6.07) is 14.6. The lowest BCUT2D eigenvalue weighted by Crippen LogP contribution is -2.24. The predicted molar refractivity (Wildman–Crippen MR) is 85.8 cm³/mol. The van der Waals surface area contributed by atoms with Crippen LogP contribution in [0.2, 0.25) is 0 Å². The van der Waals surface area contributed by atoms with Crippen LogP contribution < -0.4 is 16.2 Å². The highest BCUT2D eigenvalue weighted by atomic mass is 35.5. The molecule has 110 valence electrons. The van der Waals surface area contributed by atoms with E-state index in [1.165, 1.54) is 0 Å². The Balaban J connectivity index is 0.00000220. The lowest BCUT2D eigenvalue weighted by Gasteiger charge is -2.08. The Labute approximate surface area is 129 Å². The molecule has 0 aliphatic rings. The molecule has 0 spiro atoms. The Morgan fingerprint density at radius 2 is 1.81 bits per heavy atom. The van der Waals surface area contributed by atoms with E-state index in [1.807, 2.05) is 30.3 Å². The minimum absolute atomic E-state index is 0. The SMILES string of the molecule is COc1ccccc1-c1cccc(C(=O)N=C(N)N)c1.Cl. The quantitative estimate of drug-likeness (QED) is 0.672. The number of nitrogens with two attached hydrogens (primary N) is 2. The van der Waals surface area contributed by atoms with Crippen molar-refractivity contribution in [3.05, 3.63) is 54.1 Å². The molecule has 1 amide bonds. The zero-order valence-electron chi connectivity index (χ0n) is 11.4. The summed E-state index contributed by atoms with van der Waals surface area (Å²) in [5.74, 6) is 0.0124. The Bertz CT molecular complexity index is 667. The molecule has 0 heterocycles. The van der Waals surface area contributed by atoms with Crippen LogP contribution >= 0.6 is 12.4 Å². The second kappa shape index (κ2) is 7.31. The lowest BCUT2D eigenvalue weighted by molar-refractivity contribution is 0.100. The van der Waals surface area contributed by atoms with Crippen LogP contribution in [0, 0.1) is 0 Å². The highest BCUT2D eigenvalue weighted by molar-refractivity contribution is 6.02. The second-order valence-corrected chi connectivity index (χ2v) is 4.12. The van der Waals surface area contributed by atoms with E-state index in [-0.39, 0.29) is 18.4 Å². The molecule has 0 unspecified atom stereocenters. The van der Waals surface area contributed by atoms with Gasteiger partial charge < -0.3 is 16.2 Å². The first-order valence-corrected chi connectivity index (χ1v) is 5.99. The van der Waals surface area contributed by atoms with Gasteiger partial charge in [-0.05, 0) is 23.8 Å². The molecule has 0 aliphatic heterocycles. The number of aliphatic imine (C=N–C) groups is 1. The van der Waals surface area contributed by atoms with Crippen LogP contribution in [-0.2, 0) is 0 Å². The van der Waals surface area contributed by atoms with Gasteiger partial charge in [-0.2, -0.15) is 4.99 Å². The number of para-hydroxylation sites is 1. The summed E-state index contributed by atoms with van der Waals surface area (Å²) in [5, 5.41) is 0. The largest absolute Gasteiger partial charge is 0.496 e. The first-order valence-electron chi connectivity index (χ1n) is 5.99. The normalized spacial score (nSPS) is 9.38. The molecular weight excluding hydrogens is 290 g/mol. The van der Waals surface area contributed by atoms with Crippen molar-refractivity contribution in [3.63, 3.8) is 0 Å². The van der Waals surface area contributed by atoms with Crippen LogP contribution in [0.25, 0.3) is 11.1 Å². The van der Waals surface area contributed by atoms with Gasteiger partial charge >= 0.3 is 0 Å². The first kappa shape index (κ1) is 16.5. The number of hydrogen-bond acceptors (Lipinski definition) is 2. The van der Waals surface area contributed by atoms with E-state index < -0.39 is 5.91 Å². The van der Waals surface area contributed by atoms with Crippen molar-refractivity contribution in [2.45, 2.75) is 0 Å². The average Bonchev–Trinajstić information content (AvgIpc) is 2.46. The fourth-order valence-electron chi connectivity index (χ4n) is 1.88. The van der Waals surface area contributed by atoms with Crippen molar-refractivity contribution in [2.24, 2.45) is 16.5 Å². The van der Waals surface area contributed by atoms with Crippen molar-refractivity contribution in [2.75, 3.05) is 7.11 Å². The molecule has 2 aromatic carbocycles. The molecule has 5 nitrogen and oxygen atoms in total. The number of carbonyl (C=O) groups is 1. The molecule has 0 radical (unpaired) electrons. The van der Waals surface area contributed by atoms with E-state index in [0.29, 0.717) is 5.56 Å². The van der Waals surface area contributed by atoms with E-state index >= 15 is 0 Å². The number of halogens is 1. The average molecular weight is 306 g/mol. The smallest absolute Gasteiger partial charge is 0.280 e. The summed E-state index contributed by atoms with van der Waals surface area (Å²) in [4.78, 5) is 15.3. The van der Waals surface area contributed by atoms with Crippen molar-refractivity contribution in [1.29, 1.82) is 0 Å². The second-order valence-electron chi connectivity index (χ2n) is 4.12. The number of guanidine groups is 1. The summed E-state index contributed by atoms with van der Waals surface area (Å²) in [6.45, 7) is 0. The molecule has 0 atom stereocenters. The molecule has 21 heavy (non-hydrogen) atoms. The Kier molecular flexibility index (Phi) is 5.75. The van der Waals surface area contributed by atoms with E-state index in [4.69, 9.17) is 16.2 Å². The molecule has 0 aromatic heterocycles. The standard InChI is InChI=1S/C15H15N3O2.ClH/c1-20-13-8-3-2-7-12(13)10-5-4-6-11(9-10)14(19)18-15(16)17;/h2-9H,1H3,(H4,16,17,18,19);1H. The van der Waals surface area contributed by atoms with Gasteiger partial charge in [0.25, 0.3) is 5.91 Å². The Hall–Kier alpha value is -2.53. The molecule has 0 bridgehead atoms. The number of amides is 1. The van der Waals surface area contributed by atoms with Crippen LogP contribution in [0.3, 0.4) is 0 Å². The first-order chi connectivity index (χ1) is 9.61. The maximum absolute atomic E-state index is 11.8. The summed E-state index contributed by atoms with van der Waals surface area (Å²) in [5.41, 5.74) is 12.6. The fourth-order valence-corrected chi connectivity index (χ4v) is 1.88. The Morgan fingerprint density at radius 1 is 1.10 bits per heavy atom. The van der Waals surface area contributed by atoms with Gasteiger partial charge in [0, 0.05) is 11.1 Å². The summed E-state index contributed by atoms with van der Waals surface area (Å²) < 4.78 is 5.31. The third-order valence-electron chi connectivity index (χ3n) is 2.76. The van der Waals surface area contributed by atoms with Gasteiger partial charge in [-0.3, -0.25) is 4.79 Å². The van der Waals surface area contributed by atoms with Crippen molar-refractivity contribution in [1.82, 2.24) is 0 Å². The lowest BCUT2D eigenvalue weighted by atomic mass is 10.0. The zero-order valence-corrected chi connectivity index (χ0v) is 12.3. The van der Waals surface area contributed by atoms with Gasteiger partial charge in [0.1, 0.15) is 5.75 Å². The number of hydrogen-bond donors (Lipinski definition) is 2. The number of benzene rings is 2. The number of ether oxygens (including phenoxy) is 1. The van der Waals surface area contributed by atoms with Gasteiger partial charge in [-0.25, -0.2) is 0 Å². The molecule has 0 saturated carbocycles. The predicted octanol–water partition coefficient (Wildman–Crippen LogP) is 2.20. The fraction of sp³-hybridized carbons (Fsp3) is 0.0667. The van der Waals surface area contributed by atoms with Crippen LogP contribution in [0.1, 0.15) is 10.4 Å².